The fraction of sp³-hybridized carbons (Fsp3) is 0.348. The molecule has 2 atom stereocenters. The first kappa shape index (κ1) is 20.6. The van der Waals surface area contributed by atoms with E-state index in [2.05, 4.69) is 10.6 Å². The number of nitrogens with one attached hydrogen (secondary N) is 2. The van der Waals surface area contributed by atoms with Crippen LogP contribution in [0.4, 0.5) is 4.79 Å². The van der Waals surface area contributed by atoms with Gasteiger partial charge in [0.1, 0.15) is 6.54 Å². The van der Waals surface area contributed by atoms with Crippen molar-refractivity contribution in [3.63, 3.8) is 0 Å². The summed E-state index contributed by atoms with van der Waals surface area (Å²) in [7, 11) is 0. The average molecular weight is 393 g/mol. The van der Waals surface area contributed by atoms with E-state index in [1.165, 1.54) is 0 Å². The number of nitrogens with zero attached hydrogens (tertiary/aromatic N) is 1. The topological polar surface area (TPSA) is 78.5 Å². The summed E-state index contributed by atoms with van der Waals surface area (Å²) < 4.78 is 0. The summed E-state index contributed by atoms with van der Waals surface area (Å²) in [6, 6.07) is 18.2. The molecule has 0 radical (unpaired) electrons. The van der Waals surface area contributed by atoms with Crippen molar-refractivity contribution in [2.24, 2.45) is 0 Å². The van der Waals surface area contributed by atoms with Crippen LogP contribution in [-0.2, 0) is 21.5 Å². The first-order chi connectivity index (χ1) is 14.0. The van der Waals surface area contributed by atoms with E-state index in [-0.39, 0.29) is 18.5 Å². The van der Waals surface area contributed by atoms with Crippen molar-refractivity contribution in [2.45, 2.75) is 44.7 Å². The Bertz CT molecular complexity index is 869. The van der Waals surface area contributed by atoms with Gasteiger partial charge in [-0.15, -0.1) is 0 Å². The molecule has 1 aliphatic rings. The molecule has 0 aromatic heterocycles. The van der Waals surface area contributed by atoms with E-state index < -0.39 is 17.5 Å². The van der Waals surface area contributed by atoms with E-state index in [0.29, 0.717) is 12.0 Å². The first-order valence-corrected chi connectivity index (χ1v) is 9.99. The largest absolute Gasteiger partial charge is 0.352 e. The fourth-order valence-electron chi connectivity index (χ4n) is 3.78. The number of imide groups is 1. The van der Waals surface area contributed by atoms with Gasteiger partial charge in [-0.3, -0.25) is 14.5 Å². The maximum Gasteiger partial charge on any atom is 0.325 e. The Kier molecular flexibility index (Phi) is 6.32. The van der Waals surface area contributed by atoms with E-state index in [9.17, 15) is 14.4 Å². The van der Waals surface area contributed by atoms with Crippen LogP contribution in [0.2, 0.25) is 0 Å². The Morgan fingerprint density at radius 2 is 1.69 bits per heavy atom. The van der Waals surface area contributed by atoms with Crippen LogP contribution in [0.15, 0.2) is 60.7 Å². The summed E-state index contributed by atoms with van der Waals surface area (Å²) in [5.41, 5.74) is 0.395. The lowest BCUT2D eigenvalue weighted by Crippen LogP contribution is -2.47. The number of amides is 4. The van der Waals surface area contributed by atoms with Crippen LogP contribution in [-0.4, -0.2) is 35.3 Å². The highest BCUT2D eigenvalue weighted by molar-refractivity contribution is 6.09. The highest BCUT2D eigenvalue weighted by atomic mass is 16.2. The van der Waals surface area contributed by atoms with Crippen LogP contribution in [0, 0.1) is 0 Å². The van der Waals surface area contributed by atoms with Crippen molar-refractivity contribution >= 4 is 17.8 Å². The molecule has 1 heterocycles. The van der Waals surface area contributed by atoms with Crippen molar-refractivity contribution in [3.8, 4) is 0 Å². The van der Waals surface area contributed by atoms with Crippen LogP contribution in [0.3, 0.4) is 0 Å². The monoisotopic (exact) mass is 393 g/mol. The summed E-state index contributed by atoms with van der Waals surface area (Å²) in [5.74, 6) is -0.742. The van der Waals surface area contributed by atoms with E-state index in [0.717, 1.165) is 23.3 Å². The molecule has 0 bridgehead atoms. The summed E-state index contributed by atoms with van der Waals surface area (Å²) in [5, 5.41) is 5.73. The molecule has 1 aliphatic heterocycles. The van der Waals surface area contributed by atoms with Crippen LogP contribution in [0.25, 0.3) is 0 Å². The maximum absolute atomic E-state index is 13.5. The van der Waals surface area contributed by atoms with Gasteiger partial charge in [-0.05, 0) is 24.5 Å². The smallest absolute Gasteiger partial charge is 0.325 e. The second-order valence-electron chi connectivity index (χ2n) is 7.51. The molecule has 0 unspecified atom stereocenters. The van der Waals surface area contributed by atoms with Crippen LogP contribution >= 0.6 is 0 Å². The molecule has 1 fully saturated rings. The lowest BCUT2D eigenvalue weighted by atomic mass is 9.83. The van der Waals surface area contributed by atoms with Crippen molar-refractivity contribution in [1.29, 1.82) is 0 Å². The molecule has 0 saturated carbocycles. The minimum Gasteiger partial charge on any atom is -0.352 e. The summed E-state index contributed by atoms with van der Waals surface area (Å²) >= 11 is 0. The second-order valence-corrected chi connectivity index (χ2v) is 7.51. The Hall–Kier alpha value is -3.15. The number of benzene rings is 2. The van der Waals surface area contributed by atoms with Gasteiger partial charge in [0.05, 0.1) is 0 Å². The van der Waals surface area contributed by atoms with E-state index in [1.54, 1.807) is 0 Å². The van der Waals surface area contributed by atoms with E-state index in [1.807, 2.05) is 74.5 Å². The summed E-state index contributed by atoms with van der Waals surface area (Å²) in [4.78, 5) is 39.6. The van der Waals surface area contributed by atoms with Gasteiger partial charge in [0, 0.05) is 12.5 Å². The highest BCUT2D eigenvalue weighted by Crippen LogP contribution is 2.32. The lowest BCUT2D eigenvalue weighted by molar-refractivity contribution is -0.135. The van der Waals surface area contributed by atoms with Gasteiger partial charge < -0.3 is 10.6 Å². The summed E-state index contributed by atoms with van der Waals surface area (Å²) in [6.07, 6.45) is 2.10. The molecule has 2 aromatic carbocycles. The Morgan fingerprint density at radius 3 is 2.31 bits per heavy atom. The Labute approximate surface area is 171 Å². The number of urea groups is 1. The zero-order valence-electron chi connectivity index (χ0n) is 16.9. The number of hydrogen-bond acceptors (Lipinski definition) is 3. The molecule has 3 rings (SSSR count). The minimum atomic E-state index is -1.23. The molecule has 2 aromatic rings. The third-order valence-corrected chi connectivity index (χ3v) is 5.19. The second kappa shape index (κ2) is 8.90. The average Bonchev–Trinajstić information content (AvgIpc) is 2.94. The molecule has 4 amide bonds. The standard InChI is InChI=1S/C23H27N3O3/c1-3-10-17(2)24-20(27)16-26-21(28)23(25-22(26)29,19-13-8-5-9-14-19)15-18-11-6-4-7-12-18/h4-9,11-14,17H,3,10,15-16H2,1-2H3,(H,24,27)(H,25,29)/t17-,23-/m1/s1. The molecule has 0 spiro atoms. The van der Waals surface area contributed by atoms with Gasteiger partial charge in [-0.2, -0.15) is 0 Å². The predicted octanol–water partition coefficient (Wildman–Crippen LogP) is 2.98. The Morgan fingerprint density at radius 1 is 1.07 bits per heavy atom. The zero-order valence-corrected chi connectivity index (χ0v) is 16.9. The van der Waals surface area contributed by atoms with Gasteiger partial charge in [0.15, 0.2) is 5.54 Å². The highest BCUT2D eigenvalue weighted by Gasteiger charge is 2.52. The van der Waals surface area contributed by atoms with Gasteiger partial charge in [-0.1, -0.05) is 74.0 Å². The van der Waals surface area contributed by atoms with Crippen LogP contribution in [0.5, 0.6) is 0 Å². The SMILES string of the molecule is CCC[C@@H](C)NC(=O)CN1C(=O)N[C@](Cc2ccccc2)(c2ccccc2)C1=O. The van der Waals surface area contributed by atoms with Crippen molar-refractivity contribution in [1.82, 2.24) is 15.5 Å². The minimum absolute atomic E-state index is 0.00327. The molecule has 0 aliphatic carbocycles. The van der Waals surface area contributed by atoms with Crippen molar-refractivity contribution in [2.75, 3.05) is 6.54 Å². The molecule has 6 heteroatoms. The van der Waals surface area contributed by atoms with E-state index >= 15 is 0 Å². The quantitative estimate of drug-likeness (QED) is 0.677. The fourth-order valence-corrected chi connectivity index (χ4v) is 3.78. The van der Waals surface area contributed by atoms with Gasteiger partial charge in [0.2, 0.25) is 5.91 Å². The molecular weight excluding hydrogens is 366 g/mol. The predicted molar refractivity (Wildman–Crippen MR) is 111 cm³/mol. The molecule has 6 nitrogen and oxygen atoms in total. The molecular formula is C23H27N3O3. The van der Waals surface area contributed by atoms with Gasteiger partial charge in [0.25, 0.3) is 5.91 Å². The molecule has 152 valence electrons. The molecule has 2 N–H and O–H groups in total. The number of carbonyl (C=O) groups is 3. The number of hydrogen-bond donors (Lipinski definition) is 2. The zero-order chi connectivity index (χ0) is 20.9. The van der Waals surface area contributed by atoms with Crippen molar-refractivity contribution < 1.29 is 14.4 Å². The maximum atomic E-state index is 13.5. The van der Waals surface area contributed by atoms with Crippen molar-refractivity contribution in [3.05, 3.63) is 71.8 Å². The van der Waals surface area contributed by atoms with Crippen LogP contribution in [0.1, 0.15) is 37.8 Å². The van der Waals surface area contributed by atoms with E-state index in [4.69, 9.17) is 0 Å². The third-order valence-electron chi connectivity index (χ3n) is 5.19. The first-order valence-electron chi connectivity index (χ1n) is 9.99. The van der Waals surface area contributed by atoms with Crippen LogP contribution < -0.4 is 10.6 Å². The van der Waals surface area contributed by atoms with Gasteiger partial charge in [-0.25, -0.2) is 4.79 Å². The molecule has 29 heavy (non-hydrogen) atoms. The lowest BCUT2D eigenvalue weighted by Gasteiger charge is -2.27. The van der Waals surface area contributed by atoms with Gasteiger partial charge >= 0.3 is 6.03 Å². The number of rotatable bonds is 8. The summed E-state index contributed by atoms with van der Waals surface area (Å²) in [6.45, 7) is 3.66. The third kappa shape index (κ3) is 4.47. The Balaban J connectivity index is 1.87. The normalized spacial score (nSPS) is 19.7. The molecule has 1 saturated heterocycles. The number of carbonyl (C=O) groups excluding carboxylic acids is 3.